The van der Waals surface area contributed by atoms with Crippen molar-refractivity contribution in [2.75, 3.05) is 12.4 Å². The van der Waals surface area contributed by atoms with Gasteiger partial charge in [0.25, 0.3) is 0 Å². The number of esters is 1. The molecule has 116 valence electrons. The number of anilines is 1. The predicted molar refractivity (Wildman–Crippen MR) is 79.6 cm³/mol. The van der Waals surface area contributed by atoms with Gasteiger partial charge in [-0.2, -0.15) is 0 Å². The number of ether oxygens (including phenoxy) is 1. The first-order valence-corrected chi connectivity index (χ1v) is 7.78. The molecule has 2 N–H and O–H groups in total. The van der Waals surface area contributed by atoms with E-state index in [1.54, 1.807) is 11.4 Å². The van der Waals surface area contributed by atoms with Crippen LogP contribution in [0.2, 0.25) is 0 Å². The third-order valence-corrected chi connectivity index (χ3v) is 5.18. The van der Waals surface area contributed by atoms with E-state index >= 15 is 0 Å². The van der Waals surface area contributed by atoms with Crippen molar-refractivity contribution in [1.82, 2.24) is 0 Å². The van der Waals surface area contributed by atoms with Gasteiger partial charge >= 0.3 is 11.9 Å². The Labute approximate surface area is 130 Å². The van der Waals surface area contributed by atoms with Crippen LogP contribution in [0, 0.1) is 23.7 Å². The van der Waals surface area contributed by atoms with E-state index in [1.165, 1.54) is 18.4 Å². The maximum absolute atomic E-state index is 12.5. The Bertz CT molecular complexity index is 665. The first kappa shape index (κ1) is 14.8. The Hall–Kier alpha value is -2.15. The zero-order valence-electron chi connectivity index (χ0n) is 11.8. The molecule has 0 saturated heterocycles. The van der Waals surface area contributed by atoms with E-state index in [9.17, 15) is 19.5 Å². The summed E-state index contributed by atoms with van der Waals surface area (Å²) in [6.07, 6.45) is 4.51. The van der Waals surface area contributed by atoms with Gasteiger partial charge in [0.05, 0.1) is 24.5 Å². The van der Waals surface area contributed by atoms with Crippen molar-refractivity contribution >= 4 is 34.2 Å². The lowest BCUT2D eigenvalue weighted by atomic mass is 9.82. The molecule has 2 bridgehead atoms. The fourth-order valence-electron chi connectivity index (χ4n) is 3.39. The molecular formula is C15H15NO5S. The van der Waals surface area contributed by atoms with E-state index in [4.69, 9.17) is 0 Å². The summed E-state index contributed by atoms with van der Waals surface area (Å²) in [5.74, 6) is -3.25. The van der Waals surface area contributed by atoms with E-state index in [1.807, 2.05) is 12.2 Å². The number of methoxy groups -OCH3 is 1. The number of rotatable bonds is 4. The quantitative estimate of drug-likeness (QED) is 0.653. The summed E-state index contributed by atoms with van der Waals surface area (Å²) in [6.45, 7) is 0. The number of hydrogen-bond donors (Lipinski definition) is 2. The van der Waals surface area contributed by atoms with E-state index in [0.29, 0.717) is 11.4 Å². The number of nitrogens with one attached hydrogen (secondary N) is 1. The molecule has 1 saturated carbocycles. The summed E-state index contributed by atoms with van der Waals surface area (Å²) in [7, 11) is 1.27. The van der Waals surface area contributed by atoms with Crippen molar-refractivity contribution in [1.29, 1.82) is 0 Å². The number of carboxylic acid groups (broad SMARTS) is 1. The highest BCUT2D eigenvalue weighted by Crippen LogP contribution is 2.48. The molecule has 1 aromatic heterocycles. The van der Waals surface area contributed by atoms with E-state index < -0.39 is 23.8 Å². The van der Waals surface area contributed by atoms with Crippen LogP contribution < -0.4 is 5.32 Å². The van der Waals surface area contributed by atoms with Crippen molar-refractivity contribution in [2.45, 2.75) is 6.42 Å². The molecule has 1 heterocycles. The van der Waals surface area contributed by atoms with E-state index in [0.717, 1.165) is 0 Å². The molecule has 0 spiro atoms. The molecule has 7 heteroatoms. The third kappa shape index (κ3) is 2.31. The summed E-state index contributed by atoms with van der Waals surface area (Å²) >= 11 is 1.21. The molecule has 1 aromatic rings. The van der Waals surface area contributed by atoms with Crippen LogP contribution in [-0.4, -0.2) is 30.1 Å². The molecule has 1 amide bonds. The van der Waals surface area contributed by atoms with Crippen molar-refractivity contribution in [3.63, 3.8) is 0 Å². The molecule has 4 unspecified atom stereocenters. The number of aliphatic carboxylic acids is 1. The van der Waals surface area contributed by atoms with Gasteiger partial charge in [-0.3, -0.25) is 9.59 Å². The molecule has 0 aromatic carbocycles. The maximum atomic E-state index is 12.5. The Morgan fingerprint density at radius 2 is 1.95 bits per heavy atom. The van der Waals surface area contributed by atoms with E-state index in [-0.39, 0.29) is 23.3 Å². The number of allylic oxidation sites excluding steroid dienone is 2. The summed E-state index contributed by atoms with van der Waals surface area (Å²) in [5.41, 5.74) is 0.284. The average molecular weight is 321 g/mol. The molecule has 4 atom stereocenters. The van der Waals surface area contributed by atoms with Gasteiger partial charge in [-0.05, 0) is 29.7 Å². The summed E-state index contributed by atoms with van der Waals surface area (Å²) in [4.78, 5) is 35.6. The Kier molecular flexibility index (Phi) is 3.74. The van der Waals surface area contributed by atoms with Gasteiger partial charge in [-0.1, -0.05) is 12.2 Å². The largest absolute Gasteiger partial charge is 0.481 e. The first-order chi connectivity index (χ1) is 10.5. The van der Waals surface area contributed by atoms with Gasteiger partial charge in [0.15, 0.2) is 0 Å². The van der Waals surface area contributed by atoms with Crippen molar-refractivity contribution in [3.8, 4) is 0 Å². The van der Waals surface area contributed by atoms with Gasteiger partial charge in [0.2, 0.25) is 5.91 Å². The number of carbonyl (C=O) groups is 3. The van der Waals surface area contributed by atoms with Gasteiger partial charge in [-0.25, -0.2) is 4.79 Å². The number of carboxylic acids is 1. The second-order valence-corrected chi connectivity index (χ2v) is 6.40. The minimum absolute atomic E-state index is 0.0485. The van der Waals surface area contributed by atoms with E-state index in [2.05, 4.69) is 10.1 Å². The molecule has 22 heavy (non-hydrogen) atoms. The first-order valence-electron chi connectivity index (χ1n) is 6.90. The Balaban J connectivity index is 1.80. The molecule has 2 aliphatic carbocycles. The minimum Gasteiger partial charge on any atom is -0.481 e. The monoisotopic (exact) mass is 321 g/mol. The van der Waals surface area contributed by atoms with Crippen molar-refractivity contribution < 1.29 is 24.2 Å². The highest BCUT2D eigenvalue weighted by molar-refractivity contribution is 7.14. The smallest absolute Gasteiger partial charge is 0.340 e. The van der Waals surface area contributed by atoms with Crippen LogP contribution in [0.3, 0.4) is 0 Å². The molecule has 2 aliphatic rings. The SMILES string of the molecule is COC(=O)c1ccsc1NC(=O)C1C2C=CC(C2)C1C(=O)O. The van der Waals surface area contributed by atoms with Gasteiger partial charge in [0, 0.05) is 0 Å². The van der Waals surface area contributed by atoms with Crippen LogP contribution in [0.1, 0.15) is 16.8 Å². The molecule has 6 nitrogen and oxygen atoms in total. The summed E-state index contributed by atoms with van der Waals surface area (Å²) in [6, 6.07) is 1.57. The van der Waals surface area contributed by atoms with Crippen molar-refractivity contribution in [3.05, 3.63) is 29.2 Å². The standard InChI is InChI=1S/C15H15NO5S/c1-21-15(20)9-4-5-22-13(9)16-12(17)10-7-2-3-8(6-7)11(10)14(18)19/h2-5,7-8,10-11H,6H2,1H3,(H,16,17)(H,18,19). The van der Waals surface area contributed by atoms with Crippen molar-refractivity contribution in [2.24, 2.45) is 23.7 Å². The topological polar surface area (TPSA) is 92.7 Å². The molecule has 3 rings (SSSR count). The lowest BCUT2D eigenvalue weighted by Gasteiger charge is -2.23. The second kappa shape index (κ2) is 5.57. The summed E-state index contributed by atoms with van der Waals surface area (Å²) in [5, 5.41) is 14.1. The van der Waals surface area contributed by atoms with Gasteiger partial charge in [-0.15, -0.1) is 11.3 Å². The molecule has 0 radical (unpaired) electrons. The predicted octanol–water partition coefficient (Wildman–Crippen LogP) is 2.00. The van der Waals surface area contributed by atoms with Gasteiger partial charge in [0.1, 0.15) is 5.00 Å². The Morgan fingerprint density at radius 1 is 1.27 bits per heavy atom. The zero-order chi connectivity index (χ0) is 15.9. The van der Waals surface area contributed by atoms with Crippen LogP contribution in [0.4, 0.5) is 5.00 Å². The van der Waals surface area contributed by atoms with Crippen LogP contribution >= 0.6 is 11.3 Å². The third-order valence-electron chi connectivity index (χ3n) is 4.35. The highest BCUT2D eigenvalue weighted by atomic mass is 32.1. The lowest BCUT2D eigenvalue weighted by molar-refractivity contribution is -0.146. The zero-order valence-corrected chi connectivity index (χ0v) is 12.6. The number of carbonyl (C=O) groups excluding carboxylic acids is 2. The fraction of sp³-hybridized carbons (Fsp3) is 0.400. The fourth-order valence-corrected chi connectivity index (χ4v) is 4.17. The highest BCUT2D eigenvalue weighted by Gasteiger charge is 2.51. The second-order valence-electron chi connectivity index (χ2n) is 5.48. The Morgan fingerprint density at radius 3 is 2.59 bits per heavy atom. The number of fused-ring (bicyclic) bond motifs is 2. The minimum atomic E-state index is -0.948. The van der Waals surface area contributed by atoms with Crippen LogP contribution in [0.5, 0.6) is 0 Å². The maximum Gasteiger partial charge on any atom is 0.340 e. The molecule has 0 aliphatic heterocycles. The average Bonchev–Trinajstić information content (AvgIpc) is 3.20. The lowest BCUT2D eigenvalue weighted by Crippen LogP contribution is -2.36. The number of hydrogen-bond acceptors (Lipinski definition) is 5. The van der Waals surface area contributed by atoms with Gasteiger partial charge < -0.3 is 15.2 Å². The summed E-state index contributed by atoms with van der Waals surface area (Å²) < 4.78 is 4.66. The molecular weight excluding hydrogens is 306 g/mol. The number of amides is 1. The number of thiophene rings is 1. The normalized spacial score (nSPS) is 28.6. The van der Waals surface area contributed by atoms with Crippen LogP contribution in [0.25, 0.3) is 0 Å². The van der Waals surface area contributed by atoms with Crippen LogP contribution in [-0.2, 0) is 14.3 Å². The van der Waals surface area contributed by atoms with Crippen LogP contribution in [0.15, 0.2) is 23.6 Å². The molecule has 1 fully saturated rings.